The van der Waals surface area contributed by atoms with E-state index in [0.29, 0.717) is 33.7 Å². The van der Waals surface area contributed by atoms with Gasteiger partial charge in [-0.05, 0) is 59.5 Å². The summed E-state index contributed by atoms with van der Waals surface area (Å²) in [6.07, 6.45) is 4.72. The summed E-state index contributed by atoms with van der Waals surface area (Å²) in [6.45, 7) is 9.40. The summed E-state index contributed by atoms with van der Waals surface area (Å²) in [5.41, 5.74) is 6.19. The average Bonchev–Trinajstić information content (AvgIpc) is 3.46. The van der Waals surface area contributed by atoms with Crippen LogP contribution < -0.4 is 5.19 Å². The summed E-state index contributed by atoms with van der Waals surface area (Å²) in [5.74, 6) is 0.260. The van der Waals surface area contributed by atoms with Crippen molar-refractivity contribution in [3.8, 4) is 33.6 Å². The van der Waals surface area contributed by atoms with Gasteiger partial charge in [0.2, 0.25) is 5.71 Å². The maximum Gasteiger partial charge on any atom is 0.216 e. The first-order valence-electron chi connectivity index (χ1n) is 17.2. The van der Waals surface area contributed by atoms with Crippen LogP contribution in [-0.4, -0.2) is 23.0 Å². The summed E-state index contributed by atoms with van der Waals surface area (Å²) in [4.78, 5) is 13.3. The predicted octanol–water partition coefficient (Wildman–Crippen LogP) is 10.2. The second-order valence-corrected chi connectivity index (χ2v) is 18.1. The molecule has 0 saturated heterocycles. The molecule has 0 atom stereocenters. The molecule has 7 heteroatoms. The van der Waals surface area contributed by atoms with Gasteiger partial charge in [-0.2, -0.15) is 0 Å². The number of hydrogen-bond acceptors (Lipinski definition) is 4. The van der Waals surface area contributed by atoms with Crippen molar-refractivity contribution in [2.24, 2.45) is 5.92 Å². The predicted molar refractivity (Wildman–Crippen MR) is 194 cm³/mol. The first-order valence-corrected chi connectivity index (χ1v) is 19.2. The molecule has 7 aromatic rings. The fraction of sp³-hybridized carbons (Fsp3) is 0.195. The molecule has 0 aliphatic heterocycles. The SMILES string of the molecule is CC(C)Cc1cc(-c2[c-]cccc2)ncc1[Si](C)(C)C.[2H]C([2H])([2H])c1ccc2c(n1)oc1c(-c3cc(F)c(-c4ccccc4)cn3)[c-]ccc12.[Ir]. The third-order valence-corrected chi connectivity index (χ3v) is 9.97. The molecule has 0 aliphatic rings. The molecular formula is C41H38FIrN3OSi-2. The van der Waals surface area contributed by atoms with Gasteiger partial charge in [0.05, 0.1) is 13.7 Å². The molecule has 0 saturated carbocycles. The second-order valence-electron chi connectivity index (χ2n) is 13.0. The fourth-order valence-electron chi connectivity index (χ4n) is 5.69. The number of fused-ring (bicyclic) bond motifs is 3. The van der Waals surface area contributed by atoms with Crippen molar-refractivity contribution < 1.29 is 33.0 Å². The van der Waals surface area contributed by atoms with Crippen LogP contribution in [-0.2, 0) is 26.5 Å². The Kier molecular flexibility index (Phi) is 9.60. The largest absolute Gasteiger partial charge is 0.486 e. The molecule has 0 amide bonds. The molecule has 245 valence electrons. The molecule has 7 rings (SSSR count). The zero-order chi connectivity index (χ0) is 35.6. The maximum absolute atomic E-state index is 14.9. The molecule has 0 unspecified atom stereocenters. The van der Waals surface area contributed by atoms with E-state index in [2.05, 4.69) is 78.9 Å². The van der Waals surface area contributed by atoms with Gasteiger partial charge in [-0.3, -0.25) is 0 Å². The number of hydrogen-bond donors (Lipinski definition) is 0. The zero-order valence-corrected chi connectivity index (χ0v) is 31.0. The van der Waals surface area contributed by atoms with E-state index in [1.807, 2.05) is 48.5 Å². The van der Waals surface area contributed by atoms with Crippen LogP contribution in [0.5, 0.6) is 0 Å². The van der Waals surface area contributed by atoms with E-state index >= 15 is 0 Å². The van der Waals surface area contributed by atoms with E-state index in [-0.39, 0.29) is 31.5 Å². The van der Waals surface area contributed by atoms with Crippen molar-refractivity contribution in [3.05, 3.63) is 133 Å². The van der Waals surface area contributed by atoms with Crippen LogP contribution in [0.3, 0.4) is 0 Å². The van der Waals surface area contributed by atoms with Crippen LogP contribution in [0.2, 0.25) is 19.6 Å². The van der Waals surface area contributed by atoms with Gasteiger partial charge in [0.15, 0.2) is 0 Å². The monoisotopic (exact) mass is 831 g/mol. The van der Waals surface area contributed by atoms with Gasteiger partial charge < -0.3 is 14.4 Å². The molecule has 3 aromatic carbocycles. The Morgan fingerprint density at radius 1 is 0.854 bits per heavy atom. The fourth-order valence-corrected chi connectivity index (χ4v) is 7.28. The second kappa shape index (κ2) is 14.9. The minimum Gasteiger partial charge on any atom is -0.486 e. The van der Waals surface area contributed by atoms with Gasteiger partial charge in [0, 0.05) is 53.3 Å². The van der Waals surface area contributed by atoms with E-state index < -0.39 is 20.7 Å². The number of rotatable bonds is 6. The first-order chi connectivity index (χ1) is 23.8. The van der Waals surface area contributed by atoms with Gasteiger partial charge in [-0.15, -0.1) is 54.1 Å². The number of furan rings is 1. The Labute approximate surface area is 301 Å². The molecule has 4 aromatic heterocycles. The first kappa shape index (κ1) is 31.0. The number of aryl methyl sites for hydroxylation is 1. The molecule has 0 bridgehead atoms. The van der Waals surface area contributed by atoms with Crippen molar-refractivity contribution in [3.63, 3.8) is 0 Å². The molecule has 0 aliphatic carbocycles. The Morgan fingerprint density at radius 2 is 1.62 bits per heavy atom. The van der Waals surface area contributed by atoms with Crippen molar-refractivity contribution in [1.29, 1.82) is 0 Å². The molecule has 1 radical (unpaired) electrons. The van der Waals surface area contributed by atoms with Crippen LogP contribution in [0.1, 0.15) is 29.2 Å². The molecule has 0 spiro atoms. The number of benzene rings is 3. The standard InChI is InChI=1S/C23H14FN2O.C18H24NSi.Ir/c1-14-10-11-17-16-8-5-9-18(22(16)27-23(17)26-14)21-12-20(24)19(13-25-21)15-6-3-2-4-7-15;1-14(2)11-16-12-17(15-9-7-6-8-10-15)19-13-18(16)20(3,4)5;/h2-8,10-13H,1H3;6-9,12-14H,11H2,1-5H3;/q2*-1;/i1D3;;. The van der Waals surface area contributed by atoms with Crippen LogP contribution in [0.4, 0.5) is 4.39 Å². The van der Waals surface area contributed by atoms with E-state index in [9.17, 15) is 4.39 Å². The smallest absolute Gasteiger partial charge is 0.216 e. The zero-order valence-electron chi connectivity index (χ0n) is 30.6. The quantitative estimate of drug-likeness (QED) is 0.124. The molecule has 48 heavy (non-hydrogen) atoms. The van der Waals surface area contributed by atoms with Gasteiger partial charge >= 0.3 is 0 Å². The third kappa shape index (κ3) is 7.70. The van der Waals surface area contributed by atoms with E-state index in [1.54, 1.807) is 18.2 Å². The van der Waals surface area contributed by atoms with Crippen LogP contribution in [0.15, 0.2) is 108 Å². The van der Waals surface area contributed by atoms with Crippen molar-refractivity contribution >= 4 is 35.3 Å². The van der Waals surface area contributed by atoms with E-state index in [1.165, 1.54) is 29.1 Å². The average molecular weight is 831 g/mol. The molecule has 0 fully saturated rings. The number of nitrogens with zero attached hydrogens (tertiary/aromatic N) is 3. The van der Waals surface area contributed by atoms with Crippen molar-refractivity contribution in [2.45, 2.75) is 46.8 Å². The van der Waals surface area contributed by atoms with Crippen LogP contribution >= 0.6 is 0 Å². The van der Waals surface area contributed by atoms with Crippen molar-refractivity contribution in [2.75, 3.05) is 0 Å². The third-order valence-electron chi connectivity index (χ3n) is 7.90. The number of aromatic nitrogens is 3. The van der Waals surface area contributed by atoms with Gasteiger partial charge in [0.25, 0.3) is 0 Å². The molecule has 0 N–H and O–H groups in total. The topological polar surface area (TPSA) is 51.8 Å². The number of halogens is 1. The van der Waals surface area contributed by atoms with Crippen molar-refractivity contribution in [1.82, 2.24) is 15.0 Å². The minimum atomic E-state index is -2.33. The summed E-state index contributed by atoms with van der Waals surface area (Å²) in [7, 11) is -1.34. The van der Waals surface area contributed by atoms with Crippen LogP contribution in [0, 0.1) is 30.7 Å². The Hall–Kier alpha value is -4.29. The van der Waals surface area contributed by atoms with E-state index in [4.69, 9.17) is 8.53 Å². The molecular weight excluding hydrogens is 790 g/mol. The molecule has 4 nitrogen and oxygen atoms in total. The van der Waals surface area contributed by atoms with Crippen LogP contribution in [0.25, 0.3) is 55.7 Å². The van der Waals surface area contributed by atoms with Gasteiger partial charge in [0.1, 0.15) is 5.82 Å². The minimum absolute atomic E-state index is 0. The summed E-state index contributed by atoms with van der Waals surface area (Å²) in [6, 6.07) is 33.9. The summed E-state index contributed by atoms with van der Waals surface area (Å²) in [5, 5.41) is 2.90. The van der Waals surface area contributed by atoms with Gasteiger partial charge in [-0.25, -0.2) is 9.37 Å². The Morgan fingerprint density at radius 3 is 2.31 bits per heavy atom. The maximum atomic E-state index is 14.9. The summed E-state index contributed by atoms with van der Waals surface area (Å²) >= 11 is 0. The normalized spacial score (nSPS) is 12.5. The van der Waals surface area contributed by atoms with Gasteiger partial charge in [-0.1, -0.05) is 86.4 Å². The van der Waals surface area contributed by atoms with E-state index in [0.717, 1.165) is 28.6 Å². The Balaban J connectivity index is 0.000000211. The number of pyridine rings is 3. The molecule has 4 heterocycles. The Bertz CT molecular complexity index is 2270. The summed E-state index contributed by atoms with van der Waals surface area (Å²) < 4.78 is 43.4.